The van der Waals surface area contributed by atoms with Gasteiger partial charge in [0.2, 0.25) is 45.7 Å². The lowest BCUT2D eigenvalue weighted by molar-refractivity contribution is -0.219. The predicted molar refractivity (Wildman–Crippen MR) is 164 cm³/mol. The summed E-state index contributed by atoms with van der Waals surface area (Å²) in [7, 11) is 0. The molecule has 0 saturated heterocycles. The molecule has 0 saturated carbocycles. The highest BCUT2D eigenvalue weighted by atomic mass is 79.9. The van der Waals surface area contributed by atoms with Crippen molar-refractivity contribution in [1.82, 2.24) is 0 Å². The molecule has 0 amide bonds. The van der Waals surface area contributed by atoms with Gasteiger partial charge < -0.3 is 25.5 Å². The first kappa shape index (κ1) is 33.4. The summed E-state index contributed by atoms with van der Waals surface area (Å²) in [4.78, 5) is 71.0. The fourth-order valence-corrected chi connectivity index (χ4v) is 5.50. The Labute approximate surface area is 265 Å². The fraction of sp³-hybridized carbons (Fsp3) is 0.147. The highest BCUT2D eigenvalue weighted by Gasteiger charge is 2.80. The van der Waals surface area contributed by atoms with Crippen molar-refractivity contribution in [2.24, 2.45) is 0 Å². The first-order valence-electron chi connectivity index (χ1n) is 13.4. The highest BCUT2D eigenvalue weighted by Crippen LogP contribution is 2.48. The van der Waals surface area contributed by atoms with Gasteiger partial charge in [0, 0.05) is 22.3 Å². The quantitative estimate of drug-likeness (QED) is 0.0610. The van der Waals surface area contributed by atoms with Crippen LogP contribution in [0, 0.1) is 0 Å². The van der Waals surface area contributed by atoms with Crippen LogP contribution in [0.25, 0.3) is 0 Å². The van der Waals surface area contributed by atoms with Gasteiger partial charge in [-0.05, 0) is 15.9 Å². The highest BCUT2D eigenvalue weighted by molar-refractivity contribution is 9.10. The minimum atomic E-state index is -4.41. The van der Waals surface area contributed by atoms with Crippen molar-refractivity contribution in [2.75, 3.05) is 6.61 Å². The molecule has 0 unspecified atom stereocenters. The Morgan fingerprint density at radius 3 is 1.16 bits per heavy atom. The number of benzene rings is 4. The van der Waals surface area contributed by atoms with E-state index in [1.807, 2.05) is 0 Å². The van der Waals surface area contributed by atoms with Crippen molar-refractivity contribution < 1.29 is 49.5 Å². The zero-order valence-electron chi connectivity index (χ0n) is 23.4. The van der Waals surface area contributed by atoms with Crippen molar-refractivity contribution in [2.45, 2.75) is 21.3 Å². The summed E-state index contributed by atoms with van der Waals surface area (Å²) >= 11 is 2.61. The number of alkyl halides is 1. The van der Waals surface area contributed by atoms with Gasteiger partial charge in [-0.3, -0.25) is 24.0 Å². The summed E-state index contributed by atoms with van der Waals surface area (Å²) < 4.78 is -3.44. The minimum absolute atomic E-state index is 0.384. The van der Waals surface area contributed by atoms with Gasteiger partial charge in [0.1, 0.15) is 0 Å². The number of aliphatic hydroxyl groups is 5. The molecule has 0 heterocycles. The maximum Gasteiger partial charge on any atom is 0.246 e. The maximum atomic E-state index is 14.5. The van der Waals surface area contributed by atoms with E-state index in [-0.39, 0.29) is 5.56 Å². The molecule has 0 fully saturated rings. The second-order valence-corrected chi connectivity index (χ2v) is 11.5. The molecule has 0 aliphatic carbocycles. The Balaban J connectivity index is 2.19. The van der Waals surface area contributed by atoms with Gasteiger partial charge in [-0.1, -0.05) is 121 Å². The molecule has 4 rings (SSSR count). The fourth-order valence-electron chi connectivity index (χ4n) is 5.03. The van der Waals surface area contributed by atoms with Crippen LogP contribution in [-0.2, 0) is 4.79 Å². The number of carbonyl (C=O) groups excluding carboxylic acids is 5. The van der Waals surface area contributed by atoms with Crippen LogP contribution in [0.2, 0.25) is 0 Å². The van der Waals surface area contributed by atoms with E-state index in [0.717, 1.165) is 48.5 Å². The van der Waals surface area contributed by atoms with E-state index in [1.165, 1.54) is 72.8 Å². The molecule has 0 bridgehead atoms. The van der Waals surface area contributed by atoms with Crippen molar-refractivity contribution in [1.29, 1.82) is 0 Å². The van der Waals surface area contributed by atoms with E-state index in [0.29, 0.717) is 0 Å². The van der Waals surface area contributed by atoms with Crippen molar-refractivity contribution >= 4 is 44.8 Å². The van der Waals surface area contributed by atoms with E-state index >= 15 is 0 Å². The Bertz CT molecular complexity index is 1730. The second-order valence-electron chi connectivity index (χ2n) is 10.2. The number of Topliss-reactive ketones (excluding diaryl/α,β-unsaturated/α-hetero) is 5. The number of aliphatic hydroxyl groups excluding tert-OH is 1. The Morgan fingerprint density at radius 1 is 0.489 bits per heavy atom. The van der Waals surface area contributed by atoms with Gasteiger partial charge in [-0.2, -0.15) is 0 Å². The summed E-state index contributed by atoms with van der Waals surface area (Å²) in [5, 5.41) is 59.2. The number of hydrogen-bond donors (Lipinski definition) is 5. The summed E-state index contributed by atoms with van der Waals surface area (Å²) in [5.74, 6) is -9.00. The molecule has 0 radical (unpaired) electrons. The monoisotopic (exact) mass is 674 g/mol. The molecule has 0 aromatic heterocycles. The van der Waals surface area contributed by atoms with Gasteiger partial charge in [0.25, 0.3) is 0 Å². The van der Waals surface area contributed by atoms with E-state index in [1.54, 1.807) is 0 Å². The third-order valence-corrected chi connectivity index (χ3v) is 8.30. The van der Waals surface area contributed by atoms with E-state index in [2.05, 4.69) is 15.9 Å². The largest absolute Gasteiger partial charge is 0.392 e. The lowest BCUT2D eigenvalue weighted by Crippen LogP contribution is -2.84. The van der Waals surface area contributed by atoms with Crippen LogP contribution in [0.5, 0.6) is 0 Å². The number of carbonyl (C=O) groups is 5. The normalized spacial score (nSPS) is 16.6. The SMILES string of the molecule is O=C(C(=O)[C@](O)(C(=O)c1ccccc1)[C@](O)(C(=O)c1ccccc1)[C@@](O)(C(=O)c1ccccc1)[C@@](O)(Br)CO)c1ccccc1. The third kappa shape index (κ3) is 5.39. The molecule has 45 heavy (non-hydrogen) atoms. The molecular formula is C34H27BrO10. The van der Waals surface area contributed by atoms with Gasteiger partial charge in [0.15, 0.2) is 4.51 Å². The molecule has 0 aliphatic heterocycles. The topological polar surface area (TPSA) is 186 Å². The van der Waals surface area contributed by atoms with E-state index in [9.17, 15) is 49.5 Å². The van der Waals surface area contributed by atoms with Crippen molar-refractivity contribution in [3.63, 3.8) is 0 Å². The summed E-state index contributed by atoms with van der Waals surface area (Å²) in [6.45, 7) is -1.62. The van der Waals surface area contributed by atoms with E-state index < -0.39 is 73.5 Å². The van der Waals surface area contributed by atoms with Crippen LogP contribution < -0.4 is 0 Å². The van der Waals surface area contributed by atoms with Crippen LogP contribution in [0.4, 0.5) is 0 Å². The molecule has 10 nitrogen and oxygen atoms in total. The van der Waals surface area contributed by atoms with Gasteiger partial charge in [-0.15, -0.1) is 0 Å². The molecule has 5 N–H and O–H groups in total. The van der Waals surface area contributed by atoms with Gasteiger partial charge in [0.05, 0.1) is 6.61 Å². The zero-order chi connectivity index (χ0) is 33.0. The lowest BCUT2D eigenvalue weighted by atomic mass is 9.58. The third-order valence-electron chi connectivity index (χ3n) is 7.48. The second kappa shape index (κ2) is 12.9. The van der Waals surface area contributed by atoms with Crippen LogP contribution >= 0.6 is 15.9 Å². The number of halogens is 1. The molecule has 4 aromatic carbocycles. The Hall–Kier alpha value is -4.49. The van der Waals surface area contributed by atoms with Crippen LogP contribution in [0.3, 0.4) is 0 Å². The van der Waals surface area contributed by atoms with Crippen LogP contribution in [-0.4, -0.2) is 82.4 Å². The zero-order valence-corrected chi connectivity index (χ0v) is 25.0. The minimum Gasteiger partial charge on any atom is -0.392 e. The molecule has 11 heteroatoms. The van der Waals surface area contributed by atoms with Gasteiger partial charge in [-0.25, -0.2) is 0 Å². The lowest BCUT2D eigenvalue weighted by Gasteiger charge is -2.52. The maximum absolute atomic E-state index is 14.5. The molecule has 4 atom stereocenters. The molecule has 0 spiro atoms. The first-order chi connectivity index (χ1) is 21.3. The first-order valence-corrected chi connectivity index (χ1v) is 14.2. The standard InChI is InChI=1S/C34H27BrO10/c35-31(42,21-36)33(44,28(39)24-17-9-3-10-18-24)34(45,29(40)25-19-11-4-12-20-25)32(43,27(38)23-15-7-2-8-16-23)30(41)26(37)22-13-5-1-6-14-22/h1-20,36,42-45H,21H2/t31-,32-,33-,34-/m1/s1. The molecular weight excluding hydrogens is 648 g/mol. The van der Waals surface area contributed by atoms with Crippen LogP contribution in [0.15, 0.2) is 121 Å². The predicted octanol–water partition coefficient (Wildman–Crippen LogP) is 2.36. The average molecular weight is 675 g/mol. The molecule has 230 valence electrons. The van der Waals surface area contributed by atoms with Gasteiger partial charge >= 0.3 is 0 Å². The molecule has 0 aliphatic rings. The number of hydrogen-bond acceptors (Lipinski definition) is 10. The summed E-state index contributed by atoms with van der Waals surface area (Å²) in [5.41, 5.74) is -14.8. The smallest absolute Gasteiger partial charge is 0.246 e. The number of ketones is 5. The summed E-state index contributed by atoms with van der Waals surface area (Å²) in [6.07, 6.45) is 0. The van der Waals surface area contributed by atoms with Crippen molar-refractivity contribution in [3.05, 3.63) is 144 Å². The Morgan fingerprint density at radius 2 is 0.800 bits per heavy atom. The van der Waals surface area contributed by atoms with Crippen molar-refractivity contribution in [3.8, 4) is 0 Å². The van der Waals surface area contributed by atoms with E-state index in [4.69, 9.17) is 0 Å². The van der Waals surface area contributed by atoms with Crippen LogP contribution in [0.1, 0.15) is 41.4 Å². The number of rotatable bonds is 13. The molecule has 4 aromatic rings. The average Bonchev–Trinajstić information content (AvgIpc) is 3.10. The summed E-state index contributed by atoms with van der Waals surface area (Å²) in [6, 6.07) is 25.3. The Kier molecular flexibility index (Phi) is 9.54.